The van der Waals surface area contributed by atoms with E-state index in [0.29, 0.717) is 5.95 Å². The first kappa shape index (κ1) is 15.9. The van der Waals surface area contributed by atoms with Gasteiger partial charge in [0.2, 0.25) is 16.0 Å². The number of nitrogens with zero attached hydrogens (tertiary/aromatic N) is 3. The van der Waals surface area contributed by atoms with Gasteiger partial charge in [-0.1, -0.05) is 30.3 Å². The van der Waals surface area contributed by atoms with Gasteiger partial charge in [-0.3, -0.25) is 0 Å². The molecule has 0 spiro atoms. The first-order valence-electron chi connectivity index (χ1n) is 7.58. The van der Waals surface area contributed by atoms with Crippen molar-refractivity contribution in [2.24, 2.45) is 0 Å². The molecule has 2 heterocycles. The second-order valence-electron chi connectivity index (χ2n) is 5.78. The van der Waals surface area contributed by atoms with Crippen LogP contribution in [0.25, 0.3) is 0 Å². The Labute approximate surface area is 136 Å². The van der Waals surface area contributed by atoms with E-state index in [-0.39, 0.29) is 12.1 Å². The Bertz CT molecular complexity index is 737. The summed E-state index contributed by atoms with van der Waals surface area (Å²) in [6.07, 6.45) is 6.10. The molecule has 0 radical (unpaired) electrons. The second kappa shape index (κ2) is 6.64. The number of benzene rings is 1. The minimum absolute atomic E-state index is 0.00507. The quantitative estimate of drug-likeness (QED) is 0.891. The van der Waals surface area contributed by atoms with Gasteiger partial charge >= 0.3 is 0 Å². The maximum atomic E-state index is 11.7. The number of hydrogen-bond acceptors (Lipinski definition) is 5. The molecule has 0 bridgehead atoms. The van der Waals surface area contributed by atoms with Crippen LogP contribution in [0.3, 0.4) is 0 Å². The van der Waals surface area contributed by atoms with Gasteiger partial charge < -0.3 is 4.90 Å². The van der Waals surface area contributed by atoms with E-state index in [1.807, 2.05) is 18.2 Å². The zero-order valence-electron chi connectivity index (χ0n) is 13.0. The molecule has 1 aromatic carbocycles. The van der Waals surface area contributed by atoms with Gasteiger partial charge in [0.1, 0.15) is 0 Å². The highest BCUT2D eigenvalue weighted by atomic mass is 32.2. The molecule has 0 unspecified atom stereocenters. The molecule has 2 aromatic rings. The third kappa shape index (κ3) is 4.05. The second-order valence-corrected chi connectivity index (χ2v) is 7.56. The standard InChI is InChI=1S/C16H20N4O2S/c1-23(21,22)19-14-8-11-20(16-17-9-5-10-18-16)15(14)12-13-6-3-2-4-7-13/h2-7,9-10,14-15,19H,8,11-12H2,1H3/t14-,15-/m1/s1. The van der Waals surface area contributed by atoms with E-state index in [1.165, 1.54) is 11.8 Å². The van der Waals surface area contributed by atoms with Gasteiger partial charge in [0.15, 0.2) is 0 Å². The van der Waals surface area contributed by atoms with Crippen LogP contribution in [0.4, 0.5) is 5.95 Å². The molecule has 1 saturated heterocycles. The minimum atomic E-state index is -3.26. The van der Waals surface area contributed by atoms with Crippen molar-refractivity contribution in [3.63, 3.8) is 0 Å². The normalized spacial score (nSPS) is 21.5. The Kier molecular flexibility index (Phi) is 4.58. The first-order chi connectivity index (χ1) is 11.0. The van der Waals surface area contributed by atoms with Crippen molar-refractivity contribution < 1.29 is 8.42 Å². The molecule has 1 aromatic heterocycles. The van der Waals surface area contributed by atoms with Crippen molar-refractivity contribution in [3.05, 3.63) is 54.4 Å². The van der Waals surface area contributed by atoms with Crippen LogP contribution in [0.1, 0.15) is 12.0 Å². The summed E-state index contributed by atoms with van der Waals surface area (Å²) in [7, 11) is -3.26. The number of anilines is 1. The molecular formula is C16H20N4O2S. The van der Waals surface area contributed by atoms with E-state index in [4.69, 9.17) is 0 Å². The van der Waals surface area contributed by atoms with Crippen LogP contribution in [0.15, 0.2) is 48.8 Å². The van der Waals surface area contributed by atoms with E-state index < -0.39 is 10.0 Å². The monoisotopic (exact) mass is 332 g/mol. The average Bonchev–Trinajstić information content (AvgIpc) is 2.90. The summed E-state index contributed by atoms with van der Waals surface area (Å²) in [5, 5.41) is 0. The van der Waals surface area contributed by atoms with Crippen LogP contribution in [0.2, 0.25) is 0 Å². The molecule has 0 saturated carbocycles. The number of rotatable bonds is 5. The molecule has 122 valence electrons. The molecular weight excluding hydrogens is 312 g/mol. The lowest BCUT2D eigenvalue weighted by Gasteiger charge is -2.28. The third-order valence-corrected chi connectivity index (χ3v) is 4.74. The highest BCUT2D eigenvalue weighted by Gasteiger charge is 2.37. The Morgan fingerprint density at radius 2 is 1.87 bits per heavy atom. The van der Waals surface area contributed by atoms with Crippen LogP contribution in [0, 0.1) is 0 Å². The topological polar surface area (TPSA) is 75.2 Å². The van der Waals surface area contributed by atoms with Crippen LogP contribution < -0.4 is 9.62 Å². The average molecular weight is 332 g/mol. The predicted octanol–water partition coefficient (Wildman–Crippen LogP) is 1.22. The Morgan fingerprint density at radius 3 is 2.52 bits per heavy atom. The Morgan fingerprint density at radius 1 is 1.17 bits per heavy atom. The van der Waals surface area contributed by atoms with Gasteiger partial charge in [0.05, 0.1) is 12.3 Å². The van der Waals surface area contributed by atoms with E-state index >= 15 is 0 Å². The number of sulfonamides is 1. The lowest BCUT2D eigenvalue weighted by molar-refractivity contribution is 0.513. The fraction of sp³-hybridized carbons (Fsp3) is 0.375. The third-order valence-electron chi connectivity index (χ3n) is 4.01. The van der Waals surface area contributed by atoms with Crippen LogP contribution in [-0.4, -0.2) is 43.3 Å². The van der Waals surface area contributed by atoms with Gasteiger partial charge in [-0.15, -0.1) is 0 Å². The van der Waals surface area contributed by atoms with Crippen molar-refractivity contribution in [1.29, 1.82) is 0 Å². The highest BCUT2D eigenvalue weighted by Crippen LogP contribution is 2.25. The highest BCUT2D eigenvalue weighted by molar-refractivity contribution is 7.88. The molecule has 7 heteroatoms. The van der Waals surface area contributed by atoms with E-state index in [1.54, 1.807) is 18.5 Å². The van der Waals surface area contributed by atoms with Gasteiger partial charge in [-0.2, -0.15) is 0 Å². The molecule has 0 aliphatic carbocycles. The zero-order valence-corrected chi connectivity index (χ0v) is 13.8. The number of aromatic nitrogens is 2. The van der Waals surface area contributed by atoms with Crippen molar-refractivity contribution in [3.8, 4) is 0 Å². The minimum Gasteiger partial charge on any atom is -0.336 e. The van der Waals surface area contributed by atoms with Crippen molar-refractivity contribution in [2.75, 3.05) is 17.7 Å². The number of nitrogens with one attached hydrogen (secondary N) is 1. The number of hydrogen-bond donors (Lipinski definition) is 1. The van der Waals surface area contributed by atoms with Crippen molar-refractivity contribution in [2.45, 2.75) is 24.9 Å². The van der Waals surface area contributed by atoms with Crippen molar-refractivity contribution in [1.82, 2.24) is 14.7 Å². The molecule has 2 atom stereocenters. The summed E-state index contributed by atoms with van der Waals surface area (Å²) >= 11 is 0. The zero-order chi connectivity index (χ0) is 16.3. The van der Waals surface area contributed by atoms with E-state index in [0.717, 1.165) is 19.4 Å². The summed E-state index contributed by atoms with van der Waals surface area (Å²) in [5.41, 5.74) is 1.17. The maximum absolute atomic E-state index is 11.7. The molecule has 3 rings (SSSR count). The lowest BCUT2D eigenvalue weighted by atomic mass is 10.0. The molecule has 1 N–H and O–H groups in total. The fourth-order valence-electron chi connectivity index (χ4n) is 3.06. The van der Waals surface area contributed by atoms with Crippen LogP contribution in [-0.2, 0) is 16.4 Å². The van der Waals surface area contributed by atoms with Gasteiger partial charge in [0, 0.05) is 25.0 Å². The maximum Gasteiger partial charge on any atom is 0.225 e. The largest absolute Gasteiger partial charge is 0.336 e. The van der Waals surface area contributed by atoms with E-state index in [2.05, 4.69) is 31.7 Å². The van der Waals surface area contributed by atoms with Crippen LogP contribution in [0.5, 0.6) is 0 Å². The molecule has 1 fully saturated rings. The summed E-state index contributed by atoms with van der Waals surface area (Å²) < 4.78 is 26.1. The molecule has 0 amide bonds. The summed E-state index contributed by atoms with van der Waals surface area (Å²) in [6, 6.07) is 11.7. The van der Waals surface area contributed by atoms with E-state index in [9.17, 15) is 8.42 Å². The Balaban J connectivity index is 1.87. The summed E-state index contributed by atoms with van der Waals surface area (Å²) in [6.45, 7) is 0.731. The summed E-state index contributed by atoms with van der Waals surface area (Å²) in [4.78, 5) is 10.7. The smallest absolute Gasteiger partial charge is 0.225 e. The molecule has 1 aliphatic heterocycles. The predicted molar refractivity (Wildman–Crippen MR) is 89.7 cm³/mol. The molecule has 1 aliphatic rings. The first-order valence-corrected chi connectivity index (χ1v) is 9.47. The van der Waals surface area contributed by atoms with Crippen LogP contribution >= 0.6 is 0 Å². The van der Waals surface area contributed by atoms with Gasteiger partial charge in [0.25, 0.3) is 0 Å². The fourth-order valence-corrected chi connectivity index (χ4v) is 3.89. The van der Waals surface area contributed by atoms with Gasteiger partial charge in [-0.05, 0) is 24.5 Å². The molecule has 6 nitrogen and oxygen atoms in total. The SMILES string of the molecule is CS(=O)(=O)N[C@@H]1CCN(c2ncccn2)[C@@H]1Cc1ccccc1. The van der Waals surface area contributed by atoms with Gasteiger partial charge in [-0.25, -0.2) is 23.1 Å². The van der Waals surface area contributed by atoms with Crippen molar-refractivity contribution >= 4 is 16.0 Å². The Hall–Kier alpha value is -1.99. The summed E-state index contributed by atoms with van der Waals surface area (Å²) in [5.74, 6) is 0.645. The molecule has 23 heavy (non-hydrogen) atoms. The lowest BCUT2D eigenvalue weighted by Crippen LogP contribution is -2.46.